The van der Waals surface area contributed by atoms with E-state index in [2.05, 4.69) is 20.3 Å². The number of anilines is 3. The minimum absolute atomic E-state index is 0.180. The Labute approximate surface area is 174 Å². The monoisotopic (exact) mass is 434 g/mol. The molecule has 4 rings (SSSR count). The van der Waals surface area contributed by atoms with E-state index in [1.807, 2.05) is 17.0 Å². The molecule has 156 valence electrons. The van der Waals surface area contributed by atoms with Crippen molar-refractivity contribution >= 4 is 34.0 Å². The third-order valence-corrected chi connectivity index (χ3v) is 5.35. The van der Waals surface area contributed by atoms with Gasteiger partial charge in [-0.3, -0.25) is 4.79 Å². The Hall–Kier alpha value is -3.21. The lowest BCUT2D eigenvalue weighted by Crippen LogP contribution is -2.49. The van der Waals surface area contributed by atoms with Crippen molar-refractivity contribution in [3.05, 3.63) is 59.4 Å². The molecule has 0 atom stereocenters. The first-order valence-corrected chi connectivity index (χ1v) is 9.99. The van der Waals surface area contributed by atoms with Gasteiger partial charge in [0.05, 0.1) is 5.56 Å². The standard InChI is InChI=1S/C19H17F3N6OS/c20-19(21,22)13-4-5-16(24-11-13)27-7-9-28(10-8-27)17(29)14-12-30-18(25-14)26-15-3-1-2-6-23-15/h1-6,11-12H,7-10H2,(H,23,25,26). The lowest BCUT2D eigenvalue weighted by atomic mass is 10.2. The molecule has 1 amide bonds. The van der Waals surface area contributed by atoms with Crippen LogP contribution >= 0.6 is 11.3 Å². The maximum absolute atomic E-state index is 12.7. The number of thiazole rings is 1. The largest absolute Gasteiger partial charge is 0.417 e. The van der Waals surface area contributed by atoms with E-state index in [1.165, 1.54) is 17.4 Å². The summed E-state index contributed by atoms with van der Waals surface area (Å²) in [7, 11) is 0. The molecule has 1 N–H and O–H groups in total. The van der Waals surface area contributed by atoms with Crippen molar-refractivity contribution in [3.8, 4) is 0 Å². The van der Waals surface area contributed by atoms with Crippen LogP contribution in [0.5, 0.6) is 0 Å². The van der Waals surface area contributed by atoms with Crippen LogP contribution in [0.3, 0.4) is 0 Å². The Morgan fingerprint density at radius 1 is 1.07 bits per heavy atom. The summed E-state index contributed by atoms with van der Waals surface area (Å²) >= 11 is 1.32. The summed E-state index contributed by atoms with van der Waals surface area (Å²) in [6.07, 6.45) is -1.92. The minimum Gasteiger partial charge on any atom is -0.353 e. The molecule has 1 aliphatic heterocycles. The number of pyridine rings is 2. The van der Waals surface area contributed by atoms with Gasteiger partial charge in [-0.05, 0) is 24.3 Å². The summed E-state index contributed by atoms with van der Waals surface area (Å²) in [6.45, 7) is 1.82. The highest BCUT2D eigenvalue weighted by Crippen LogP contribution is 2.29. The van der Waals surface area contributed by atoms with Crippen LogP contribution in [-0.2, 0) is 6.18 Å². The van der Waals surface area contributed by atoms with Gasteiger partial charge in [-0.15, -0.1) is 11.3 Å². The van der Waals surface area contributed by atoms with Gasteiger partial charge in [-0.1, -0.05) is 6.07 Å². The zero-order chi connectivity index (χ0) is 21.1. The van der Waals surface area contributed by atoms with E-state index in [9.17, 15) is 18.0 Å². The molecular weight excluding hydrogens is 417 g/mol. The average Bonchev–Trinajstić information content (AvgIpc) is 3.22. The number of hydrogen-bond acceptors (Lipinski definition) is 7. The molecule has 1 aliphatic rings. The van der Waals surface area contributed by atoms with E-state index in [1.54, 1.807) is 22.5 Å². The van der Waals surface area contributed by atoms with Crippen LogP contribution in [0.25, 0.3) is 0 Å². The SMILES string of the molecule is O=C(c1csc(Nc2ccccn2)n1)N1CCN(c2ccc(C(F)(F)F)cn2)CC1. The van der Waals surface area contributed by atoms with E-state index in [0.717, 1.165) is 12.3 Å². The molecule has 4 heterocycles. The fourth-order valence-electron chi connectivity index (χ4n) is 3.02. The molecule has 11 heteroatoms. The zero-order valence-corrected chi connectivity index (χ0v) is 16.5. The quantitative estimate of drug-likeness (QED) is 0.676. The Balaban J connectivity index is 1.34. The highest BCUT2D eigenvalue weighted by Gasteiger charge is 2.31. The lowest BCUT2D eigenvalue weighted by molar-refractivity contribution is -0.137. The molecule has 0 unspecified atom stereocenters. The van der Waals surface area contributed by atoms with E-state index in [0.29, 0.717) is 48.6 Å². The second-order valence-electron chi connectivity index (χ2n) is 6.56. The Morgan fingerprint density at radius 3 is 2.50 bits per heavy atom. The van der Waals surface area contributed by atoms with Crippen molar-refractivity contribution in [1.29, 1.82) is 0 Å². The molecule has 1 saturated heterocycles. The third kappa shape index (κ3) is 4.51. The van der Waals surface area contributed by atoms with Crippen molar-refractivity contribution in [2.45, 2.75) is 6.18 Å². The Bertz CT molecular complexity index is 1000. The van der Waals surface area contributed by atoms with Gasteiger partial charge in [0.1, 0.15) is 17.3 Å². The maximum Gasteiger partial charge on any atom is 0.417 e. The first kappa shape index (κ1) is 20.1. The van der Waals surface area contributed by atoms with Gasteiger partial charge in [0.15, 0.2) is 5.13 Å². The number of nitrogens with one attached hydrogen (secondary N) is 1. The van der Waals surface area contributed by atoms with Crippen molar-refractivity contribution < 1.29 is 18.0 Å². The number of alkyl halides is 3. The first-order chi connectivity index (χ1) is 14.4. The van der Waals surface area contributed by atoms with E-state index >= 15 is 0 Å². The maximum atomic E-state index is 12.7. The molecule has 1 fully saturated rings. The van der Waals surface area contributed by atoms with Gasteiger partial charge in [-0.2, -0.15) is 13.2 Å². The van der Waals surface area contributed by atoms with Crippen LogP contribution < -0.4 is 10.2 Å². The van der Waals surface area contributed by atoms with Gasteiger partial charge in [0, 0.05) is 44.0 Å². The molecule has 3 aromatic rings. The van der Waals surface area contributed by atoms with Crippen LogP contribution in [0, 0.1) is 0 Å². The summed E-state index contributed by atoms with van der Waals surface area (Å²) in [6, 6.07) is 7.83. The summed E-state index contributed by atoms with van der Waals surface area (Å²) < 4.78 is 38.0. The summed E-state index contributed by atoms with van der Waals surface area (Å²) in [4.78, 5) is 28.7. The number of piperazine rings is 1. The summed E-state index contributed by atoms with van der Waals surface area (Å²) in [5.41, 5.74) is -0.432. The second-order valence-corrected chi connectivity index (χ2v) is 7.42. The Morgan fingerprint density at radius 2 is 1.87 bits per heavy atom. The molecule has 0 radical (unpaired) electrons. The fourth-order valence-corrected chi connectivity index (χ4v) is 3.71. The van der Waals surface area contributed by atoms with Crippen LogP contribution in [0.2, 0.25) is 0 Å². The van der Waals surface area contributed by atoms with Gasteiger partial charge >= 0.3 is 6.18 Å². The van der Waals surface area contributed by atoms with Crippen molar-refractivity contribution in [2.75, 3.05) is 36.4 Å². The molecule has 0 aliphatic carbocycles. The van der Waals surface area contributed by atoms with Gasteiger partial charge in [-0.25, -0.2) is 15.0 Å². The summed E-state index contributed by atoms with van der Waals surface area (Å²) in [5.74, 6) is 0.925. The number of aromatic nitrogens is 3. The second kappa shape index (κ2) is 8.27. The third-order valence-electron chi connectivity index (χ3n) is 4.59. The number of amides is 1. The molecule has 0 spiro atoms. The fraction of sp³-hybridized carbons (Fsp3) is 0.263. The Kier molecular flexibility index (Phi) is 5.53. The zero-order valence-electron chi connectivity index (χ0n) is 15.6. The van der Waals surface area contributed by atoms with Gasteiger partial charge in [0.2, 0.25) is 0 Å². The molecular formula is C19H17F3N6OS. The number of nitrogens with zero attached hydrogens (tertiary/aromatic N) is 5. The van der Waals surface area contributed by atoms with E-state index < -0.39 is 11.7 Å². The molecule has 30 heavy (non-hydrogen) atoms. The predicted molar refractivity (Wildman–Crippen MR) is 107 cm³/mol. The van der Waals surface area contributed by atoms with Crippen LogP contribution in [0.4, 0.5) is 29.9 Å². The molecule has 0 bridgehead atoms. The van der Waals surface area contributed by atoms with Gasteiger partial charge in [0.25, 0.3) is 5.91 Å². The topological polar surface area (TPSA) is 74.2 Å². The normalized spacial score (nSPS) is 14.6. The van der Waals surface area contributed by atoms with Crippen molar-refractivity contribution in [3.63, 3.8) is 0 Å². The van der Waals surface area contributed by atoms with Crippen LogP contribution in [-0.4, -0.2) is 51.9 Å². The highest BCUT2D eigenvalue weighted by molar-refractivity contribution is 7.14. The smallest absolute Gasteiger partial charge is 0.353 e. The van der Waals surface area contributed by atoms with E-state index in [4.69, 9.17) is 0 Å². The summed E-state index contributed by atoms with van der Waals surface area (Å²) in [5, 5.41) is 5.32. The highest BCUT2D eigenvalue weighted by atomic mass is 32.1. The number of halogens is 3. The van der Waals surface area contributed by atoms with Crippen molar-refractivity contribution in [2.24, 2.45) is 0 Å². The number of hydrogen-bond donors (Lipinski definition) is 1. The number of carbonyl (C=O) groups is 1. The molecule has 0 aromatic carbocycles. The molecule has 3 aromatic heterocycles. The predicted octanol–water partition coefficient (Wildman–Crippen LogP) is 3.66. The number of carbonyl (C=O) groups excluding carboxylic acids is 1. The first-order valence-electron chi connectivity index (χ1n) is 9.11. The van der Waals surface area contributed by atoms with Crippen LogP contribution in [0.15, 0.2) is 48.1 Å². The number of rotatable bonds is 4. The van der Waals surface area contributed by atoms with E-state index in [-0.39, 0.29) is 5.91 Å². The van der Waals surface area contributed by atoms with Crippen LogP contribution in [0.1, 0.15) is 16.1 Å². The van der Waals surface area contributed by atoms with Gasteiger partial charge < -0.3 is 15.1 Å². The minimum atomic E-state index is -4.41. The molecule has 0 saturated carbocycles. The molecule has 7 nitrogen and oxygen atoms in total. The lowest BCUT2D eigenvalue weighted by Gasteiger charge is -2.35. The van der Waals surface area contributed by atoms with Crippen molar-refractivity contribution in [1.82, 2.24) is 19.9 Å². The average molecular weight is 434 g/mol.